The standard InChI is InChI=1S/C17H14ClN3O2/c18-13-3-1-2-4-15(13)21-16(9-14(20-21)17(22)23)12-7-5-11(10-19)6-8-12/h1-9H,10,19H2,(H,22,23). The van der Waals surface area contributed by atoms with Gasteiger partial charge in [-0.1, -0.05) is 48.0 Å². The number of carboxylic acid groups (broad SMARTS) is 1. The van der Waals surface area contributed by atoms with E-state index in [1.807, 2.05) is 36.4 Å². The topological polar surface area (TPSA) is 81.1 Å². The number of benzene rings is 2. The van der Waals surface area contributed by atoms with Gasteiger partial charge in [-0.15, -0.1) is 0 Å². The summed E-state index contributed by atoms with van der Waals surface area (Å²) in [4.78, 5) is 11.3. The number of aromatic carboxylic acids is 1. The third-order valence-corrected chi connectivity index (χ3v) is 3.81. The van der Waals surface area contributed by atoms with Crippen LogP contribution in [-0.4, -0.2) is 20.9 Å². The van der Waals surface area contributed by atoms with Crippen LogP contribution in [0.2, 0.25) is 5.02 Å². The highest BCUT2D eigenvalue weighted by Gasteiger charge is 2.17. The number of nitrogens with two attached hydrogens (primary N) is 1. The van der Waals surface area contributed by atoms with Crippen molar-refractivity contribution in [3.63, 3.8) is 0 Å². The lowest BCUT2D eigenvalue weighted by atomic mass is 10.1. The lowest BCUT2D eigenvalue weighted by Crippen LogP contribution is -2.03. The Morgan fingerprint density at radius 2 is 1.87 bits per heavy atom. The molecule has 0 unspecified atom stereocenters. The Morgan fingerprint density at radius 3 is 2.48 bits per heavy atom. The summed E-state index contributed by atoms with van der Waals surface area (Å²) < 4.78 is 1.54. The molecular formula is C17H14ClN3O2. The van der Waals surface area contributed by atoms with E-state index in [1.165, 1.54) is 6.07 Å². The lowest BCUT2D eigenvalue weighted by molar-refractivity contribution is 0.0690. The highest BCUT2D eigenvalue weighted by atomic mass is 35.5. The third kappa shape index (κ3) is 2.97. The summed E-state index contributed by atoms with van der Waals surface area (Å²) in [5.74, 6) is -1.09. The van der Waals surface area contributed by atoms with E-state index in [1.54, 1.807) is 16.8 Å². The predicted molar refractivity (Wildman–Crippen MR) is 88.9 cm³/mol. The smallest absolute Gasteiger partial charge is 0.356 e. The number of rotatable bonds is 4. The van der Waals surface area contributed by atoms with Crippen molar-refractivity contribution in [2.45, 2.75) is 6.54 Å². The number of nitrogens with zero attached hydrogens (tertiary/aromatic N) is 2. The van der Waals surface area contributed by atoms with Gasteiger partial charge in [-0.3, -0.25) is 0 Å². The van der Waals surface area contributed by atoms with Gasteiger partial charge in [0.2, 0.25) is 0 Å². The van der Waals surface area contributed by atoms with Gasteiger partial charge in [0.1, 0.15) is 0 Å². The van der Waals surface area contributed by atoms with E-state index in [4.69, 9.17) is 17.3 Å². The first-order chi connectivity index (χ1) is 11.1. The molecule has 0 aliphatic heterocycles. The van der Waals surface area contributed by atoms with Gasteiger partial charge in [0.05, 0.1) is 16.4 Å². The molecule has 116 valence electrons. The summed E-state index contributed by atoms with van der Waals surface area (Å²) in [5, 5.41) is 13.9. The maximum Gasteiger partial charge on any atom is 0.356 e. The molecule has 3 rings (SSSR count). The maximum absolute atomic E-state index is 11.3. The quantitative estimate of drug-likeness (QED) is 0.770. The molecule has 1 aromatic heterocycles. The minimum absolute atomic E-state index is 0.0391. The summed E-state index contributed by atoms with van der Waals surface area (Å²) in [6.07, 6.45) is 0. The molecule has 23 heavy (non-hydrogen) atoms. The Bertz CT molecular complexity index is 857. The highest BCUT2D eigenvalue weighted by molar-refractivity contribution is 6.32. The zero-order valence-corrected chi connectivity index (χ0v) is 12.9. The van der Waals surface area contributed by atoms with Crippen molar-refractivity contribution in [3.8, 4) is 16.9 Å². The second kappa shape index (κ2) is 6.24. The van der Waals surface area contributed by atoms with Gasteiger partial charge in [0, 0.05) is 12.1 Å². The Labute approximate surface area is 137 Å². The minimum Gasteiger partial charge on any atom is -0.476 e. The zero-order valence-electron chi connectivity index (χ0n) is 12.1. The van der Waals surface area contributed by atoms with Crippen LogP contribution in [0.1, 0.15) is 16.1 Å². The molecule has 3 N–H and O–H groups in total. The fourth-order valence-corrected chi connectivity index (χ4v) is 2.53. The molecule has 0 aliphatic carbocycles. The first-order valence-corrected chi connectivity index (χ1v) is 7.35. The highest BCUT2D eigenvalue weighted by Crippen LogP contribution is 2.28. The van der Waals surface area contributed by atoms with Crippen LogP contribution in [0.5, 0.6) is 0 Å². The first kappa shape index (κ1) is 15.3. The normalized spacial score (nSPS) is 10.7. The van der Waals surface area contributed by atoms with Crippen molar-refractivity contribution in [2.24, 2.45) is 5.73 Å². The molecule has 1 heterocycles. The van der Waals surface area contributed by atoms with Crippen molar-refractivity contribution < 1.29 is 9.90 Å². The van der Waals surface area contributed by atoms with Gasteiger partial charge in [-0.05, 0) is 23.8 Å². The Morgan fingerprint density at radius 1 is 1.17 bits per heavy atom. The molecule has 2 aromatic carbocycles. The summed E-state index contributed by atoms with van der Waals surface area (Å²) >= 11 is 6.23. The van der Waals surface area contributed by atoms with Crippen LogP contribution in [0, 0.1) is 0 Å². The molecule has 3 aromatic rings. The number of carbonyl (C=O) groups is 1. The van der Waals surface area contributed by atoms with Crippen LogP contribution in [0.3, 0.4) is 0 Å². The van der Waals surface area contributed by atoms with Crippen LogP contribution < -0.4 is 5.73 Å². The summed E-state index contributed by atoms with van der Waals surface area (Å²) in [7, 11) is 0. The molecule has 0 radical (unpaired) electrons. The zero-order chi connectivity index (χ0) is 16.4. The van der Waals surface area contributed by atoms with Crippen LogP contribution in [0.15, 0.2) is 54.6 Å². The Hall–Kier alpha value is -2.63. The summed E-state index contributed by atoms with van der Waals surface area (Å²) in [5.41, 5.74) is 8.68. The van der Waals surface area contributed by atoms with E-state index in [9.17, 15) is 9.90 Å². The van der Waals surface area contributed by atoms with E-state index < -0.39 is 5.97 Å². The monoisotopic (exact) mass is 327 g/mol. The van der Waals surface area contributed by atoms with Crippen molar-refractivity contribution in [1.82, 2.24) is 9.78 Å². The predicted octanol–water partition coefficient (Wildman–Crippen LogP) is 3.35. The second-order valence-electron chi connectivity index (χ2n) is 4.98. The fraction of sp³-hybridized carbons (Fsp3) is 0.0588. The van der Waals surface area contributed by atoms with Crippen molar-refractivity contribution in [3.05, 3.63) is 70.9 Å². The maximum atomic E-state index is 11.3. The van der Waals surface area contributed by atoms with Gasteiger partial charge in [0.15, 0.2) is 5.69 Å². The molecule has 0 bridgehead atoms. The van der Waals surface area contributed by atoms with Gasteiger partial charge < -0.3 is 10.8 Å². The summed E-state index contributed by atoms with van der Waals surface area (Å²) in [6, 6.07) is 16.3. The SMILES string of the molecule is NCc1ccc(-c2cc(C(=O)O)nn2-c2ccccc2Cl)cc1. The number of para-hydroxylation sites is 1. The molecule has 0 saturated heterocycles. The first-order valence-electron chi connectivity index (χ1n) is 6.98. The van der Waals surface area contributed by atoms with E-state index in [0.717, 1.165) is 11.1 Å². The van der Waals surface area contributed by atoms with Gasteiger partial charge in [-0.2, -0.15) is 5.10 Å². The van der Waals surface area contributed by atoms with E-state index in [-0.39, 0.29) is 5.69 Å². The van der Waals surface area contributed by atoms with Crippen LogP contribution in [0.4, 0.5) is 0 Å². The average Bonchev–Trinajstić information content (AvgIpc) is 3.01. The molecule has 0 amide bonds. The molecule has 0 fully saturated rings. The van der Waals surface area contributed by atoms with Crippen molar-refractivity contribution in [1.29, 1.82) is 0 Å². The van der Waals surface area contributed by atoms with Crippen LogP contribution in [-0.2, 0) is 6.54 Å². The molecule has 0 aliphatic rings. The van der Waals surface area contributed by atoms with Crippen molar-refractivity contribution in [2.75, 3.05) is 0 Å². The molecule has 5 nitrogen and oxygen atoms in total. The number of hydrogen-bond donors (Lipinski definition) is 2. The molecule has 0 atom stereocenters. The Kier molecular flexibility index (Phi) is 4.14. The average molecular weight is 328 g/mol. The molecule has 6 heteroatoms. The van der Waals surface area contributed by atoms with Crippen molar-refractivity contribution >= 4 is 17.6 Å². The second-order valence-corrected chi connectivity index (χ2v) is 5.39. The molecular weight excluding hydrogens is 314 g/mol. The molecule has 0 saturated carbocycles. The van der Waals surface area contributed by atoms with Gasteiger partial charge in [0.25, 0.3) is 0 Å². The van der Waals surface area contributed by atoms with Gasteiger partial charge in [-0.25, -0.2) is 9.48 Å². The minimum atomic E-state index is -1.09. The number of hydrogen-bond acceptors (Lipinski definition) is 3. The Balaban J connectivity index is 2.18. The number of halogens is 1. The van der Waals surface area contributed by atoms with E-state index in [2.05, 4.69) is 5.10 Å². The third-order valence-electron chi connectivity index (χ3n) is 3.49. The number of carboxylic acids is 1. The number of aromatic nitrogens is 2. The summed E-state index contributed by atoms with van der Waals surface area (Å²) in [6.45, 7) is 0.449. The van der Waals surface area contributed by atoms with E-state index in [0.29, 0.717) is 22.9 Å². The van der Waals surface area contributed by atoms with Crippen LogP contribution in [0.25, 0.3) is 16.9 Å². The van der Waals surface area contributed by atoms with E-state index >= 15 is 0 Å². The van der Waals surface area contributed by atoms with Gasteiger partial charge >= 0.3 is 5.97 Å². The lowest BCUT2D eigenvalue weighted by Gasteiger charge is -2.09. The van der Waals surface area contributed by atoms with Crippen LogP contribution >= 0.6 is 11.6 Å². The largest absolute Gasteiger partial charge is 0.476 e. The molecule has 0 spiro atoms. The fourth-order valence-electron chi connectivity index (χ4n) is 2.31.